The van der Waals surface area contributed by atoms with Gasteiger partial charge in [0, 0.05) is 12.1 Å². The molecule has 0 aromatic heterocycles. The Morgan fingerprint density at radius 3 is 2.67 bits per heavy atom. The number of sulfonamides is 1. The van der Waals surface area contributed by atoms with Crippen molar-refractivity contribution in [2.45, 2.75) is 50.1 Å². The van der Waals surface area contributed by atoms with Crippen LogP contribution in [0.4, 0.5) is 4.39 Å². The maximum atomic E-state index is 13.4. The first-order valence-electron chi connectivity index (χ1n) is 6.85. The average molecular weight is 315 g/mol. The topological polar surface area (TPSA) is 74.7 Å². The van der Waals surface area contributed by atoms with Gasteiger partial charge in [-0.2, -0.15) is 4.31 Å². The average Bonchev–Trinajstić information content (AvgIpc) is 2.80. The van der Waals surface area contributed by atoms with Crippen molar-refractivity contribution in [2.75, 3.05) is 0 Å². The molecule has 1 N–H and O–H groups in total. The number of carboxylic acids is 1. The van der Waals surface area contributed by atoms with Crippen molar-refractivity contribution in [1.29, 1.82) is 0 Å². The number of hydrogen-bond acceptors (Lipinski definition) is 3. The van der Waals surface area contributed by atoms with Gasteiger partial charge in [-0.05, 0) is 44.4 Å². The van der Waals surface area contributed by atoms with E-state index in [0.717, 1.165) is 31.0 Å². The second-order valence-corrected chi connectivity index (χ2v) is 7.08. The molecule has 21 heavy (non-hydrogen) atoms. The Hall–Kier alpha value is -1.47. The van der Waals surface area contributed by atoms with Crippen molar-refractivity contribution < 1.29 is 22.7 Å². The SMILES string of the molecule is CCC1CCC(C)N1S(=O)(=O)c1cc(F)ccc1C(=O)O. The molecule has 0 aliphatic carbocycles. The molecular formula is C14H18FNO4S. The Labute approximate surface area is 123 Å². The number of halogens is 1. The van der Waals surface area contributed by atoms with Crippen molar-refractivity contribution in [1.82, 2.24) is 4.31 Å². The molecule has 1 saturated heterocycles. The summed E-state index contributed by atoms with van der Waals surface area (Å²) in [4.78, 5) is 10.8. The number of rotatable bonds is 4. The van der Waals surface area contributed by atoms with E-state index in [1.807, 2.05) is 6.92 Å². The zero-order chi connectivity index (χ0) is 15.8. The molecule has 2 rings (SSSR count). The molecule has 2 unspecified atom stereocenters. The molecule has 2 atom stereocenters. The van der Waals surface area contributed by atoms with E-state index in [1.54, 1.807) is 6.92 Å². The molecule has 1 aromatic carbocycles. The van der Waals surface area contributed by atoms with E-state index in [9.17, 15) is 17.6 Å². The molecule has 1 aliphatic heterocycles. The highest BCUT2D eigenvalue weighted by atomic mass is 32.2. The summed E-state index contributed by atoms with van der Waals surface area (Å²) >= 11 is 0. The van der Waals surface area contributed by atoms with E-state index in [1.165, 1.54) is 4.31 Å². The first-order chi connectivity index (χ1) is 9.78. The zero-order valence-corrected chi connectivity index (χ0v) is 12.7. The number of nitrogens with zero attached hydrogens (tertiary/aromatic N) is 1. The van der Waals surface area contributed by atoms with Crippen molar-refractivity contribution in [3.05, 3.63) is 29.6 Å². The van der Waals surface area contributed by atoms with Gasteiger partial charge in [-0.25, -0.2) is 17.6 Å². The molecule has 7 heteroatoms. The van der Waals surface area contributed by atoms with Crippen LogP contribution in [-0.2, 0) is 10.0 Å². The molecule has 1 aliphatic rings. The molecule has 0 bridgehead atoms. The lowest BCUT2D eigenvalue weighted by Gasteiger charge is -2.27. The lowest BCUT2D eigenvalue weighted by molar-refractivity contribution is 0.0692. The monoisotopic (exact) mass is 315 g/mol. The van der Waals surface area contributed by atoms with Crippen LogP contribution in [-0.4, -0.2) is 35.9 Å². The molecule has 1 heterocycles. The first-order valence-corrected chi connectivity index (χ1v) is 8.29. The summed E-state index contributed by atoms with van der Waals surface area (Å²) in [5.74, 6) is -2.15. The summed E-state index contributed by atoms with van der Waals surface area (Å²) in [6.45, 7) is 3.67. The fraction of sp³-hybridized carbons (Fsp3) is 0.500. The van der Waals surface area contributed by atoms with Crippen molar-refractivity contribution >= 4 is 16.0 Å². The number of hydrogen-bond donors (Lipinski definition) is 1. The summed E-state index contributed by atoms with van der Waals surface area (Å²) in [5.41, 5.74) is -0.398. The lowest BCUT2D eigenvalue weighted by atomic mass is 10.2. The van der Waals surface area contributed by atoms with Gasteiger partial charge in [-0.3, -0.25) is 0 Å². The molecule has 1 aromatic rings. The van der Waals surface area contributed by atoms with Crippen LogP contribution in [0, 0.1) is 5.82 Å². The standard InChI is InChI=1S/C14H18FNO4S/c1-3-11-6-4-9(2)16(11)21(19,20)13-8-10(15)5-7-12(13)14(17)18/h5,7-9,11H,3-4,6H2,1-2H3,(H,17,18). The van der Waals surface area contributed by atoms with E-state index < -0.39 is 32.3 Å². The molecule has 0 saturated carbocycles. The summed E-state index contributed by atoms with van der Waals surface area (Å²) in [6.07, 6.45) is 2.09. The Kier molecular flexibility index (Phi) is 4.34. The Bertz CT molecular complexity index is 659. The molecule has 116 valence electrons. The number of aromatic carboxylic acids is 1. The Morgan fingerprint density at radius 1 is 1.43 bits per heavy atom. The van der Waals surface area contributed by atoms with Crippen LogP contribution in [0.5, 0.6) is 0 Å². The third-order valence-electron chi connectivity index (χ3n) is 3.91. The number of carbonyl (C=O) groups is 1. The summed E-state index contributed by atoms with van der Waals surface area (Å²) in [5, 5.41) is 9.15. The predicted octanol–water partition coefficient (Wildman–Crippen LogP) is 2.48. The third kappa shape index (κ3) is 2.80. The van der Waals surface area contributed by atoms with E-state index in [0.29, 0.717) is 6.42 Å². The van der Waals surface area contributed by atoms with Crippen LogP contribution in [0.1, 0.15) is 43.5 Å². The van der Waals surface area contributed by atoms with Crippen LogP contribution in [0.25, 0.3) is 0 Å². The second kappa shape index (κ2) is 5.73. The summed E-state index contributed by atoms with van der Waals surface area (Å²) in [6, 6.07) is 2.34. The maximum Gasteiger partial charge on any atom is 0.337 e. The lowest BCUT2D eigenvalue weighted by Crippen LogP contribution is -2.40. The minimum Gasteiger partial charge on any atom is -0.478 e. The number of carboxylic acid groups (broad SMARTS) is 1. The highest BCUT2D eigenvalue weighted by Crippen LogP contribution is 2.33. The van der Waals surface area contributed by atoms with Crippen LogP contribution in [0.2, 0.25) is 0 Å². The molecule has 5 nitrogen and oxygen atoms in total. The van der Waals surface area contributed by atoms with E-state index in [2.05, 4.69) is 0 Å². The van der Waals surface area contributed by atoms with Crippen molar-refractivity contribution in [3.63, 3.8) is 0 Å². The predicted molar refractivity (Wildman–Crippen MR) is 75.2 cm³/mol. The van der Waals surface area contributed by atoms with Crippen LogP contribution in [0.15, 0.2) is 23.1 Å². The molecule has 0 amide bonds. The van der Waals surface area contributed by atoms with Gasteiger partial charge in [0.1, 0.15) is 5.82 Å². The van der Waals surface area contributed by atoms with Gasteiger partial charge in [-0.1, -0.05) is 6.92 Å². The van der Waals surface area contributed by atoms with Gasteiger partial charge in [0.25, 0.3) is 0 Å². The molecular weight excluding hydrogens is 297 g/mol. The highest BCUT2D eigenvalue weighted by molar-refractivity contribution is 7.89. The second-order valence-electron chi connectivity index (χ2n) is 5.27. The van der Waals surface area contributed by atoms with Crippen LogP contribution in [0.3, 0.4) is 0 Å². The third-order valence-corrected chi connectivity index (χ3v) is 6.02. The largest absolute Gasteiger partial charge is 0.478 e. The van der Waals surface area contributed by atoms with E-state index in [-0.39, 0.29) is 12.1 Å². The van der Waals surface area contributed by atoms with Crippen LogP contribution >= 0.6 is 0 Å². The zero-order valence-electron chi connectivity index (χ0n) is 11.9. The highest BCUT2D eigenvalue weighted by Gasteiger charge is 2.40. The molecule has 0 spiro atoms. The minimum absolute atomic E-state index is 0.171. The maximum absolute atomic E-state index is 13.4. The number of benzene rings is 1. The van der Waals surface area contributed by atoms with Gasteiger partial charge in [0.15, 0.2) is 0 Å². The first kappa shape index (κ1) is 15.9. The summed E-state index contributed by atoms with van der Waals surface area (Å²) < 4.78 is 40.3. The van der Waals surface area contributed by atoms with E-state index in [4.69, 9.17) is 5.11 Å². The molecule has 0 radical (unpaired) electrons. The fourth-order valence-corrected chi connectivity index (χ4v) is 5.01. The summed E-state index contributed by atoms with van der Waals surface area (Å²) in [7, 11) is -4.03. The van der Waals surface area contributed by atoms with Crippen molar-refractivity contribution in [2.24, 2.45) is 0 Å². The normalized spacial score (nSPS) is 23.4. The minimum atomic E-state index is -4.03. The Balaban J connectivity index is 2.59. The van der Waals surface area contributed by atoms with Gasteiger partial charge >= 0.3 is 5.97 Å². The smallest absolute Gasteiger partial charge is 0.337 e. The molecule has 1 fully saturated rings. The van der Waals surface area contributed by atoms with Gasteiger partial charge in [0.2, 0.25) is 10.0 Å². The quantitative estimate of drug-likeness (QED) is 0.926. The van der Waals surface area contributed by atoms with Crippen molar-refractivity contribution in [3.8, 4) is 0 Å². The van der Waals surface area contributed by atoms with Crippen LogP contribution < -0.4 is 0 Å². The van der Waals surface area contributed by atoms with Gasteiger partial charge in [-0.15, -0.1) is 0 Å². The van der Waals surface area contributed by atoms with Gasteiger partial charge in [0.05, 0.1) is 10.5 Å². The Morgan fingerprint density at radius 2 is 2.10 bits per heavy atom. The van der Waals surface area contributed by atoms with Gasteiger partial charge < -0.3 is 5.11 Å². The van der Waals surface area contributed by atoms with E-state index >= 15 is 0 Å². The fourth-order valence-electron chi connectivity index (χ4n) is 2.87.